The maximum Gasteiger partial charge on any atom is 0.411 e. The number of ether oxygens (including phenoxy) is 1. The summed E-state index contributed by atoms with van der Waals surface area (Å²) < 4.78 is 5.51. The van der Waals surface area contributed by atoms with Crippen molar-refractivity contribution >= 4 is 18.1 Å². The van der Waals surface area contributed by atoms with E-state index in [0.29, 0.717) is 0 Å². The number of carbonyl (C=O) groups excluding carboxylic acids is 2. The van der Waals surface area contributed by atoms with Crippen LogP contribution in [-0.4, -0.2) is 48.1 Å². The fourth-order valence-corrected chi connectivity index (χ4v) is 3.64. The molecule has 2 aliphatic heterocycles. The van der Waals surface area contributed by atoms with Gasteiger partial charge in [0.25, 0.3) is 0 Å². The molecule has 5 heteroatoms. The van der Waals surface area contributed by atoms with Crippen molar-refractivity contribution in [2.45, 2.75) is 44.9 Å². The van der Waals surface area contributed by atoms with Gasteiger partial charge < -0.3 is 14.4 Å². The molecule has 3 atom stereocenters. The van der Waals surface area contributed by atoms with E-state index in [9.17, 15) is 9.59 Å². The summed E-state index contributed by atoms with van der Waals surface area (Å²) in [4.78, 5) is 28.1. The number of benzene rings is 1. The summed E-state index contributed by atoms with van der Waals surface area (Å²) >= 11 is 0. The van der Waals surface area contributed by atoms with Crippen molar-refractivity contribution in [1.82, 2.24) is 4.90 Å². The summed E-state index contributed by atoms with van der Waals surface area (Å²) in [6.07, 6.45) is 1.40. The van der Waals surface area contributed by atoms with E-state index < -0.39 is 5.60 Å². The lowest BCUT2D eigenvalue weighted by Crippen LogP contribution is -2.47. The number of aldehydes is 1. The number of amides is 1. The Bertz CT molecular complexity index is 582. The molecule has 3 rings (SSSR count). The number of rotatable bonds is 2. The molecule has 0 N–H and O–H groups in total. The van der Waals surface area contributed by atoms with Crippen LogP contribution in [0, 0.1) is 5.92 Å². The molecule has 1 aromatic rings. The first-order valence-corrected chi connectivity index (χ1v) is 8.15. The van der Waals surface area contributed by atoms with Crippen LogP contribution in [0.5, 0.6) is 0 Å². The van der Waals surface area contributed by atoms with E-state index in [0.717, 1.165) is 31.5 Å². The zero-order valence-corrected chi connectivity index (χ0v) is 13.9. The lowest BCUT2D eigenvalue weighted by Gasteiger charge is -2.34. The Kier molecular flexibility index (Phi) is 4.04. The van der Waals surface area contributed by atoms with Gasteiger partial charge in [0.15, 0.2) is 0 Å². The van der Waals surface area contributed by atoms with Crippen LogP contribution in [0.15, 0.2) is 30.3 Å². The molecule has 1 aromatic carbocycles. The van der Waals surface area contributed by atoms with Gasteiger partial charge in [-0.05, 0) is 39.3 Å². The third kappa shape index (κ3) is 3.19. The zero-order valence-electron chi connectivity index (χ0n) is 13.9. The highest BCUT2D eigenvalue weighted by Gasteiger charge is 2.49. The minimum atomic E-state index is -0.555. The number of likely N-dealkylation sites (tertiary alicyclic amines) is 1. The molecule has 2 bridgehead atoms. The highest BCUT2D eigenvalue weighted by atomic mass is 16.6. The van der Waals surface area contributed by atoms with Gasteiger partial charge in [0, 0.05) is 24.7 Å². The third-order valence-corrected chi connectivity index (χ3v) is 4.52. The van der Waals surface area contributed by atoms with Gasteiger partial charge in [-0.1, -0.05) is 18.2 Å². The van der Waals surface area contributed by atoms with E-state index in [1.165, 1.54) is 0 Å². The molecule has 0 aromatic heterocycles. The van der Waals surface area contributed by atoms with E-state index in [-0.39, 0.29) is 24.1 Å². The van der Waals surface area contributed by atoms with E-state index in [2.05, 4.69) is 17.0 Å². The highest BCUT2D eigenvalue weighted by Crippen LogP contribution is 2.37. The summed E-state index contributed by atoms with van der Waals surface area (Å²) in [5, 5.41) is 0. The van der Waals surface area contributed by atoms with E-state index in [1.807, 2.05) is 39.0 Å². The summed E-state index contributed by atoms with van der Waals surface area (Å²) in [6.45, 7) is 7.07. The molecule has 0 saturated carbocycles. The minimum absolute atomic E-state index is 0.0269. The van der Waals surface area contributed by atoms with Crippen molar-refractivity contribution in [2.75, 3.05) is 18.0 Å². The van der Waals surface area contributed by atoms with Crippen LogP contribution in [-0.2, 0) is 9.53 Å². The quantitative estimate of drug-likeness (QED) is 0.787. The molecule has 2 heterocycles. The maximum absolute atomic E-state index is 12.5. The lowest BCUT2D eigenvalue weighted by molar-refractivity contribution is -0.112. The molecule has 0 aliphatic carbocycles. The summed E-state index contributed by atoms with van der Waals surface area (Å²) in [5.41, 5.74) is 0.582. The van der Waals surface area contributed by atoms with Gasteiger partial charge in [-0.3, -0.25) is 4.90 Å². The van der Waals surface area contributed by atoms with Gasteiger partial charge in [-0.15, -0.1) is 0 Å². The zero-order chi connectivity index (χ0) is 16.6. The Morgan fingerprint density at radius 2 is 1.91 bits per heavy atom. The van der Waals surface area contributed by atoms with Crippen LogP contribution in [0.1, 0.15) is 27.2 Å². The second kappa shape index (κ2) is 5.87. The van der Waals surface area contributed by atoms with Crippen molar-refractivity contribution in [3.05, 3.63) is 30.3 Å². The Labute approximate surface area is 137 Å². The molecular formula is C18H24N2O3. The van der Waals surface area contributed by atoms with Gasteiger partial charge in [-0.2, -0.15) is 0 Å². The van der Waals surface area contributed by atoms with Crippen molar-refractivity contribution in [3.8, 4) is 0 Å². The fourth-order valence-electron chi connectivity index (χ4n) is 3.64. The van der Waals surface area contributed by atoms with Crippen molar-refractivity contribution in [1.29, 1.82) is 0 Å². The van der Waals surface area contributed by atoms with Crippen molar-refractivity contribution < 1.29 is 14.3 Å². The molecular weight excluding hydrogens is 292 g/mol. The molecule has 5 nitrogen and oxygen atoms in total. The van der Waals surface area contributed by atoms with Crippen molar-refractivity contribution in [2.24, 2.45) is 5.92 Å². The van der Waals surface area contributed by atoms with Gasteiger partial charge in [0.05, 0.1) is 12.1 Å². The van der Waals surface area contributed by atoms with Gasteiger partial charge in [0.2, 0.25) is 0 Å². The van der Waals surface area contributed by atoms with Gasteiger partial charge in [-0.25, -0.2) is 4.79 Å². The monoisotopic (exact) mass is 316 g/mol. The first kappa shape index (κ1) is 15.8. The predicted octanol–water partition coefficient (Wildman–Crippen LogP) is 2.70. The normalized spacial score (nSPS) is 27.0. The molecule has 0 radical (unpaired) electrons. The van der Waals surface area contributed by atoms with Crippen LogP contribution in [0.2, 0.25) is 0 Å². The van der Waals surface area contributed by atoms with Crippen LogP contribution in [0.25, 0.3) is 0 Å². The van der Waals surface area contributed by atoms with Crippen molar-refractivity contribution in [3.63, 3.8) is 0 Å². The summed E-state index contributed by atoms with van der Waals surface area (Å²) in [6, 6.07) is 9.78. The SMILES string of the molecule is CC(C)(C)OC(=O)N1[C@@H]2C[C@@H](CN(c3ccccc3)C2)[C@@H]1C=O. The molecule has 124 valence electrons. The van der Waals surface area contributed by atoms with Crippen LogP contribution >= 0.6 is 0 Å². The van der Waals surface area contributed by atoms with Crippen LogP contribution in [0.3, 0.4) is 0 Å². The topological polar surface area (TPSA) is 49.9 Å². The van der Waals surface area contributed by atoms with E-state index in [4.69, 9.17) is 4.74 Å². The molecule has 2 saturated heterocycles. The largest absolute Gasteiger partial charge is 0.444 e. The molecule has 0 unspecified atom stereocenters. The number of piperidine rings is 1. The first-order chi connectivity index (χ1) is 10.9. The molecule has 23 heavy (non-hydrogen) atoms. The Morgan fingerprint density at radius 3 is 2.52 bits per heavy atom. The smallest absolute Gasteiger partial charge is 0.411 e. The Balaban J connectivity index is 1.81. The molecule has 1 amide bonds. The number of anilines is 1. The second-order valence-corrected chi connectivity index (χ2v) is 7.40. The Hall–Kier alpha value is -2.04. The maximum atomic E-state index is 12.5. The first-order valence-electron chi connectivity index (χ1n) is 8.15. The molecule has 2 aliphatic rings. The number of para-hydroxylation sites is 1. The minimum Gasteiger partial charge on any atom is -0.444 e. The molecule has 2 fully saturated rings. The van der Waals surface area contributed by atoms with E-state index in [1.54, 1.807) is 4.90 Å². The third-order valence-electron chi connectivity index (χ3n) is 4.52. The second-order valence-electron chi connectivity index (χ2n) is 7.40. The standard InChI is InChI=1S/C18H24N2O3/c1-18(2,3)23-17(22)20-15-9-13(16(20)12-21)10-19(11-15)14-7-5-4-6-8-14/h4-8,12-13,15-16H,9-11H2,1-3H3/t13-,15+,16-/m0/s1. The number of hydrogen-bond donors (Lipinski definition) is 0. The van der Waals surface area contributed by atoms with Crippen LogP contribution in [0.4, 0.5) is 10.5 Å². The number of carbonyl (C=O) groups is 2. The van der Waals surface area contributed by atoms with Crippen LogP contribution < -0.4 is 4.90 Å². The average molecular weight is 316 g/mol. The molecule has 0 spiro atoms. The van der Waals surface area contributed by atoms with E-state index >= 15 is 0 Å². The number of fused-ring (bicyclic) bond motifs is 2. The summed E-state index contributed by atoms with van der Waals surface area (Å²) in [5.74, 6) is 0.166. The predicted molar refractivity (Wildman–Crippen MR) is 88.5 cm³/mol. The average Bonchev–Trinajstić information content (AvgIpc) is 2.76. The number of hydrogen-bond acceptors (Lipinski definition) is 4. The lowest BCUT2D eigenvalue weighted by atomic mass is 9.95. The number of nitrogens with zero attached hydrogens (tertiary/aromatic N) is 2. The van der Waals surface area contributed by atoms with Gasteiger partial charge in [0.1, 0.15) is 11.9 Å². The van der Waals surface area contributed by atoms with Gasteiger partial charge >= 0.3 is 6.09 Å². The fraction of sp³-hybridized carbons (Fsp3) is 0.556. The Morgan fingerprint density at radius 1 is 1.22 bits per heavy atom. The highest BCUT2D eigenvalue weighted by molar-refractivity contribution is 5.76. The summed E-state index contributed by atoms with van der Waals surface area (Å²) in [7, 11) is 0.